The number of aliphatic imine (C=N–C) groups is 1. The monoisotopic (exact) mass is 337 g/mol. The van der Waals surface area contributed by atoms with E-state index >= 15 is 0 Å². The normalized spacial score (nSPS) is 20.2. The van der Waals surface area contributed by atoms with Crippen LogP contribution in [-0.2, 0) is 9.53 Å². The molecule has 2 aliphatic heterocycles. The maximum atomic E-state index is 12.2. The highest BCUT2D eigenvalue weighted by atomic mass is 16.5. The second-order valence-corrected chi connectivity index (χ2v) is 6.60. The van der Waals surface area contributed by atoms with E-state index in [1.165, 1.54) is 26.4 Å². The Bertz CT molecular complexity index is 488. The number of fused-ring (bicyclic) bond motifs is 1. The van der Waals surface area contributed by atoms with Crippen LogP contribution in [0.3, 0.4) is 0 Å². The van der Waals surface area contributed by atoms with E-state index in [4.69, 9.17) is 15.6 Å². The van der Waals surface area contributed by atoms with Gasteiger partial charge in [-0.05, 0) is 25.7 Å². The third kappa shape index (κ3) is 4.72. The van der Waals surface area contributed by atoms with E-state index in [0.717, 1.165) is 57.2 Å². The average molecular weight is 337 g/mol. The van der Waals surface area contributed by atoms with Crippen molar-refractivity contribution in [3.63, 3.8) is 0 Å². The van der Waals surface area contributed by atoms with Crippen LogP contribution in [0.2, 0.25) is 0 Å². The van der Waals surface area contributed by atoms with Crippen LogP contribution >= 0.6 is 0 Å². The number of allylic oxidation sites excluding steroid dienone is 1. The molecule has 136 valence electrons. The number of rotatable bonds is 10. The number of esters is 1. The van der Waals surface area contributed by atoms with Crippen molar-refractivity contribution in [2.45, 2.75) is 70.3 Å². The van der Waals surface area contributed by atoms with Gasteiger partial charge < -0.3 is 20.5 Å². The molecule has 0 aliphatic carbocycles. The van der Waals surface area contributed by atoms with E-state index < -0.39 is 0 Å². The first-order valence-corrected chi connectivity index (χ1v) is 9.22. The number of aliphatic hydroxyl groups excluding tert-OH is 1. The van der Waals surface area contributed by atoms with Crippen molar-refractivity contribution in [2.75, 3.05) is 20.3 Å². The summed E-state index contributed by atoms with van der Waals surface area (Å²) in [6, 6.07) is -0.156. The summed E-state index contributed by atoms with van der Waals surface area (Å²) in [6.07, 6.45) is 10.5. The molecular weight excluding hydrogens is 306 g/mol. The molecule has 6 heteroatoms. The molecule has 6 nitrogen and oxygen atoms in total. The molecule has 1 saturated heterocycles. The lowest BCUT2D eigenvalue weighted by atomic mass is 9.96. The number of aliphatic hydroxyl groups is 1. The summed E-state index contributed by atoms with van der Waals surface area (Å²) in [5.41, 5.74) is 7.81. The van der Waals surface area contributed by atoms with Crippen molar-refractivity contribution < 1.29 is 14.6 Å². The van der Waals surface area contributed by atoms with Crippen molar-refractivity contribution >= 4 is 11.9 Å². The maximum Gasteiger partial charge on any atom is 0.337 e. The molecule has 0 saturated carbocycles. The number of hydrogen-bond acceptors (Lipinski definition) is 6. The van der Waals surface area contributed by atoms with E-state index in [-0.39, 0.29) is 12.0 Å². The summed E-state index contributed by atoms with van der Waals surface area (Å²) in [7, 11) is 1.43. The lowest BCUT2D eigenvalue weighted by molar-refractivity contribution is -0.136. The van der Waals surface area contributed by atoms with Crippen LogP contribution < -0.4 is 5.73 Å². The van der Waals surface area contributed by atoms with Gasteiger partial charge >= 0.3 is 5.97 Å². The Balaban J connectivity index is 1.84. The molecule has 2 rings (SSSR count). The molecule has 2 heterocycles. The third-order valence-corrected chi connectivity index (χ3v) is 4.87. The van der Waals surface area contributed by atoms with Gasteiger partial charge in [0.2, 0.25) is 0 Å². The Morgan fingerprint density at radius 3 is 2.58 bits per heavy atom. The van der Waals surface area contributed by atoms with Crippen LogP contribution in [0.15, 0.2) is 16.3 Å². The molecule has 1 fully saturated rings. The predicted molar refractivity (Wildman–Crippen MR) is 94.4 cm³/mol. The number of nitrogens with zero attached hydrogens (tertiary/aromatic N) is 2. The van der Waals surface area contributed by atoms with Gasteiger partial charge in [-0.25, -0.2) is 9.79 Å². The van der Waals surface area contributed by atoms with Gasteiger partial charge in [0.05, 0.1) is 18.7 Å². The number of methoxy groups -OCH3 is 1. The van der Waals surface area contributed by atoms with Gasteiger partial charge in [0.15, 0.2) is 5.96 Å². The summed E-state index contributed by atoms with van der Waals surface area (Å²) < 4.78 is 4.99. The van der Waals surface area contributed by atoms with Crippen molar-refractivity contribution in [1.29, 1.82) is 0 Å². The standard InChI is InChI=1S/C18H31N3O3/c1-24-17(23)16-14(10-7-5-3-2-4-6-8-13-22)20-18(19)21-12-9-11-15(16)21/h14,22H,2-13H2,1H3,(H2,19,20)/t14-/m1/s1. The number of nitrogens with two attached hydrogens (primary N) is 1. The van der Waals surface area contributed by atoms with Gasteiger partial charge in [-0.2, -0.15) is 0 Å². The van der Waals surface area contributed by atoms with Crippen molar-refractivity contribution in [2.24, 2.45) is 10.7 Å². The highest BCUT2D eigenvalue weighted by Crippen LogP contribution is 2.32. The molecule has 0 spiro atoms. The first-order valence-electron chi connectivity index (χ1n) is 9.22. The molecular formula is C18H31N3O3. The molecule has 24 heavy (non-hydrogen) atoms. The number of guanidine groups is 1. The highest BCUT2D eigenvalue weighted by molar-refractivity contribution is 5.94. The largest absolute Gasteiger partial charge is 0.466 e. The molecule has 0 radical (unpaired) electrons. The van der Waals surface area contributed by atoms with E-state index in [1.807, 2.05) is 4.90 Å². The van der Waals surface area contributed by atoms with Gasteiger partial charge in [-0.15, -0.1) is 0 Å². The first-order chi connectivity index (χ1) is 11.7. The summed E-state index contributed by atoms with van der Waals surface area (Å²) in [4.78, 5) is 18.8. The van der Waals surface area contributed by atoms with Crippen LogP contribution in [0.5, 0.6) is 0 Å². The Kier molecular flexibility index (Phi) is 7.56. The van der Waals surface area contributed by atoms with Gasteiger partial charge in [0.1, 0.15) is 0 Å². The Morgan fingerprint density at radius 2 is 1.92 bits per heavy atom. The lowest BCUT2D eigenvalue weighted by Gasteiger charge is -2.30. The van der Waals surface area contributed by atoms with Gasteiger partial charge in [0.25, 0.3) is 0 Å². The molecule has 2 aliphatic rings. The van der Waals surface area contributed by atoms with Crippen LogP contribution in [0, 0.1) is 0 Å². The highest BCUT2D eigenvalue weighted by Gasteiger charge is 2.35. The minimum Gasteiger partial charge on any atom is -0.466 e. The smallest absolute Gasteiger partial charge is 0.337 e. The second-order valence-electron chi connectivity index (χ2n) is 6.60. The van der Waals surface area contributed by atoms with Gasteiger partial charge in [-0.3, -0.25) is 0 Å². The predicted octanol–water partition coefficient (Wildman–Crippen LogP) is 2.32. The fraction of sp³-hybridized carbons (Fsp3) is 0.778. The first kappa shape index (κ1) is 18.8. The summed E-state index contributed by atoms with van der Waals surface area (Å²) in [5, 5.41) is 8.76. The fourth-order valence-electron chi connectivity index (χ4n) is 3.60. The van der Waals surface area contributed by atoms with Crippen LogP contribution in [0.25, 0.3) is 0 Å². The molecule has 0 bridgehead atoms. The fourth-order valence-corrected chi connectivity index (χ4v) is 3.60. The number of ether oxygens (including phenoxy) is 1. The lowest BCUT2D eigenvalue weighted by Crippen LogP contribution is -2.41. The topological polar surface area (TPSA) is 88.2 Å². The van der Waals surface area contributed by atoms with Crippen molar-refractivity contribution in [3.8, 4) is 0 Å². The van der Waals surface area contributed by atoms with Crippen LogP contribution in [-0.4, -0.2) is 48.2 Å². The minimum atomic E-state index is -0.262. The third-order valence-electron chi connectivity index (χ3n) is 4.87. The molecule has 0 aromatic heterocycles. The Labute approximate surface area is 144 Å². The van der Waals surface area contributed by atoms with E-state index in [2.05, 4.69) is 4.99 Å². The molecule has 3 N–H and O–H groups in total. The quantitative estimate of drug-likeness (QED) is 0.472. The van der Waals surface area contributed by atoms with Crippen molar-refractivity contribution in [1.82, 2.24) is 4.90 Å². The van der Waals surface area contributed by atoms with Crippen LogP contribution in [0.4, 0.5) is 0 Å². The average Bonchev–Trinajstić information content (AvgIpc) is 3.07. The summed E-state index contributed by atoms with van der Waals surface area (Å²) in [5.74, 6) is 0.284. The maximum absolute atomic E-state index is 12.2. The molecule has 0 aromatic rings. The number of carbonyl (C=O) groups is 1. The SMILES string of the molecule is COC(=O)C1=C2CCCN2C(N)=N[C@@H]1CCCCCCCCCO. The van der Waals surface area contributed by atoms with Crippen LogP contribution in [0.1, 0.15) is 64.2 Å². The van der Waals surface area contributed by atoms with Crippen molar-refractivity contribution in [3.05, 3.63) is 11.3 Å². The zero-order valence-electron chi connectivity index (χ0n) is 14.8. The van der Waals surface area contributed by atoms with Gasteiger partial charge in [-0.1, -0.05) is 38.5 Å². The minimum absolute atomic E-state index is 0.156. The zero-order chi connectivity index (χ0) is 17.4. The van der Waals surface area contributed by atoms with E-state index in [1.54, 1.807) is 0 Å². The molecule has 0 amide bonds. The number of carbonyl (C=O) groups excluding carboxylic acids is 1. The summed E-state index contributed by atoms with van der Waals surface area (Å²) >= 11 is 0. The van der Waals surface area contributed by atoms with E-state index in [0.29, 0.717) is 18.1 Å². The number of hydrogen-bond donors (Lipinski definition) is 2. The zero-order valence-corrected chi connectivity index (χ0v) is 14.8. The molecule has 0 aromatic carbocycles. The molecule has 1 atom stereocenters. The Hall–Kier alpha value is -1.56. The summed E-state index contributed by atoms with van der Waals surface area (Å²) in [6.45, 7) is 1.13. The van der Waals surface area contributed by atoms with E-state index in [9.17, 15) is 4.79 Å². The van der Waals surface area contributed by atoms with Gasteiger partial charge in [0, 0.05) is 18.8 Å². The number of unbranched alkanes of at least 4 members (excludes halogenated alkanes) is 6. The second kappa shape index (κ2) is 9.67. The molecule has 0 unspecified atom stereocenters. The Morgan fingerprint density at radius 1 is 1.25 bits per heavy atom.